The van der Waals surface area contributed by atoms with Crippen LogP contribution in [0.15, 0.2) is 0 Å². The Hall–Kier alpha value is -1.08. The van der Waals surface area contributed by atoms with Gasteiger partial charge in [0, 0.05) is 19.6 Å². The van der Waals surface area contributed by atoms with Crippen LogP contribution in [-0.2, 0) is 4.79 Å². The average Bonchev–Trinajstić information content (AvgIpc) is 2.83. The third kappa shape index (κ3) is 2.98. The third-order valence-corrected chi connectivity index (χ3v) is 4.04. The molecule has 0 spiro atoms. The van der Waals surface area contributed by atoms with Crippen LogP contribution >= 0.6 is 0 Å². The molecule has 0 bridgehead atoms. The van der Waals surface area contributed by atoms with E-state index >= 15 is 0 Å². The van der Waals surface area contributed by atoms with E-state index in [1.165, 1.54) is 25.7 Å². The Balaban J connectivity index is 1.83. The number of rotatable bonds is 3. The fraction of sp³-hybridized carbons (Fsp3) is 0.846. The number of nitriles is 1. The zero-order valence-electron chi connectivity index (χ0n) is 10.6. The molecule has 4 nitrogen and oxygen atoms in total. The third-order valence-electron chi connectivity index (χ3n) is 4.04. The summed E-state index contributed by atoms with van der Waals surface area (Å²) in [6.07, 6.45) is 5.21. The van der Waals surface area contributed by atoms with E-state index in [0.29, 0.717) is 6.54 Å². The lowest BCUT2D eigenvalue weighted by atomic mass is 10.1. The van der Waals surface area contributed by atoms with Crippen LogP contribution in [0.5, 0.6) is 0 Å². The van der Waals surface area contributed by atoms with E-state index in [-0.39, 0.29) is 11.9 Å². The van der Waals surface area contributed by atoms with E-state index in [9.17, 15) is 4.79 Å². The second-order valence-corrected chi connectivity index (χ2v) is 5.27. The normalized spacial score (nSPS) is 24.9. The quantitative estimate of drug-likeness (QED) is 0.739. The molecule has 0 aromatic carbocycles. The van der Waals surface area contributed by atoms with Crippen molar-refractivity contribution in [1.29, 1.82) is 5.26 Å². The standard InChI is InChI=1S/C13H21N3O/c1-11(8-14)15-6-7-16(13(17)10-15)9-12-4-2-3-5-12/h11-12H,2-7,9-10H2,1H3. The van der Waals surface area contributed by atoms with E-state index in [1.54, 1.807) is 0 Å². The molecule has 4 heteroatoms. The van der Waals surface area contributed by atoms with Crippen LogP contribution in [0.25, 0.3) is 0 Å². The molecule has 1 heterocycles. The largest absolute Gasteiger partial charge is 0.340 e. The highest BCUT2D eigenvalue weighted by Gasteiger charge is 2.29. The first-order valence-corrected chi connectivity index (χ1v) is 6.62. The Bertz CT molecular complexity index is 317. The summed E-state index contributed by atoms with van der Waals surface area (Å²) in [5.74, 6) is 0.921. The Morgan fingerprint density at radius 3 is 2.71 bits per heavy atom. The molecular formula is C13H21N3O. The van der Waals surface area contributed by atoms with Crippen molar-refractivity contribution >= 4 is 5.91 Å². The summed E-state index contributed by atoms with van der Waals surface area (Å²) in [7, 11) is 0. The van der Waals surface area contributed by atoms with E-state index in [1.807, 2.05) is 16.7 Å². The van der Waals surface area contributed by atoms with Crippen LogP contribution in [0.1, 0.15) is 32.6 Å². The van der Waals surface area contributed by atoms with Gasteiger partial charge < -0.3 is 4.90 Å². The minimum absolute atomic E-state index is 0.146. The lowest BCUT2D eigenvalue weighted by Crippen LogP contribution is -2.53. The highest BCUT2D eigenvalue weighted by atomic mass is 16.2. The van der Waals surface area contributed by atoms with E-state index in [2.05, 4.69) is 6.07 Å². The van der Waals surface area contributed by atoms with Gasteiger partial charge in [0.15, 0.2) is 0 Å². The first-order chi connectivity index (χ1) is 8.20. The van der Waals surface area contributed by atoms with Crippen molar-refractivity contribution in [3.63, 3.8) is 0 Å². The first kappa shape index (κ1) is 12.4. The maximum absolute atomic E-state index is 12.0. The van der Waals surface area contributed by atoms with Crippen molar-refractivity contribution in [2.75, 3.05) is 26.2 Å². The summed E-state index contributed by atoms with van der Waals surface area (Å²) >= 11 is 0. The topological polar surface area (TPSA) is 47.3 Å². The molecule has 1 aliphatic carbocycles. The SMILES string of the molecule is CC(C#N)N1CCN(CC2CCCC2)C(=O)C1. The molecule has 1 atom stereocenters. The molecule has 0 aromatic heterocycles. The lowest BCUT2D eigenvalue weighted by molar-refractivity contribution is -0.137. The van der Waals surface area contributed by atoms with Crippen molar-refractivity contribution in [2.45, 2.75) is 38.6 Å². The molecule has 17 heavy (non-hydrogen) atoms. The highest BCUT2D eigenvalue weighted by molar-refractivity contribution is 5.79. The van der Waals surface area contributed by atoms with Gasteiger partial charge in [0.05, 0.1) is 18.7 Å². The number of amides is 1. The maximum atomic E-state index is 12.0. The van der Waals surface area contributed by atoms with Gasteiger partial charge in [-0.2, -0.15) is 5.26 Å². The van der Waals surface area contributed by atoms with Gasteiger partial charge in [-0.05, 0) is 25.7 Å². The molecule has 0 aromatic rings. The number of carbonyl (C=O) groups excluding carboxylic acids is 1. The molecule has 94 valence electrons. The number of hydrogen-bond donors (Lipinski definition) is 0. The van der Waals surface area contributed by atoms with Gasteiger partial charge in [-0.15, -0.1) is 0 Å². The van der Waals surface area contributed by atoms with Crippen LogP contribution < -0.4 is 0 Å². The van der Waals surface area contributed by atoms with Gasteiger partial charge in [-0.3, -0.25) is 9.69 Å². The molecule has 0 radical (unpaired) electrons. The number of nitrogens with zero attached hydrogens (tertiary/aromatic N) is 3. The maximum Gasteiger partial charge on any atom is 0.236 e. The molecule has 1 amide bonds. The van der Waals surface area contributed by atoms with E-state index in [0.717, 1.165) is 25.6 Å². The predicted molar refractivity (Wildman–Crippen MR) is 65.2 cm³/mol. The number of piperazine rings is 1. The van der Waals surface area contributed by atoms with Gasteiger partial charge in [-0.1, -0.05) is 12.8 Å². The predicted octanol–water partition coefficient (Wildman–Crippen LogP) is 1.23. The molecule has 2 fully saturated rings. The van der Waals surface area contributed by atoms with Crippen LogP contribution in [0, 0.1) is 17.2 Å². The molecule has 1 aliphatic heterocycles. The second kappa shape index (κ2) is 5.50. The van der Waals surface area contributed by atoms with Crippen molar-refractivity contribution in [3.8, 4) is 6.07 Å². The van der Waals surface area contributed by atoms with Crippen LogP contribution in [-0.4, -0.2) is 47.9 Å². The Morgan fingerprint density at radius 2 is 2.12 bits per heavy atom. The zero-order chi connectivity index (χ0) is 12.3. The number of hydrogen-bond acceptors (Lipinski definition) is 3. The summed E-state index contributed by atoms with van der Waals surface area (Å²) < 4.78 is 0. The van der Waals surface area contributed by atoms with Crippen molar-refractivity contribution < 1.29 is 4.79 Å². The van der Waals surface area contributed by atoms with Crippen molar-refractivity contribution in [3.05, 3.63) is 0 Å². The fourth-order valence-corrected chi connectivity index (χ4v) is 2.84. The summed E-state index contributed by atoms with van der Waals surface area (Å²) in [4.78, 5) is 16.0. The van der Waals surface area contributed by atoms with Gasteiger partial charge in [-0.25, -0.2) is 0 Å². The molecule has 0 N–H and O–H groups in total. The van der Waals surface area contributed by atoms with Gasteiger partial charge >= 0.3 is 0 Å². The Morgan fingerprint density at radius 1 is 1.41 bits per heavy atom. The molecular weight excluding hydrogens is 214 g/mol. The van der Waals surface area contributed by atoms with Crippen LogP contribution in [0.2, 0.25) is 0 Å². The highest BCUT2D eigenvalue weighted by Crippen LogP contribution is 2.26. The summed E-state index contributed by atoms with van der Waals surface area (Å²) in [5.41, 5.74) is 0. The number of carbonyl (C=O) groups is 1. The minimum Gasteiger partial charge on any atom is -0.340 e. The van der Waals surface area contributed by atoms with Gasteiger partial charge in [0.2, 0.25) is 5.91 Å². The summed E-state index contributed by atoms with van der Waals surface area (Å²) in [5, 5.41) is 8.85. The first-order valence-electron chi connectivity index (χ1n) is 6.62. The Kier molecular flexibility index (Phi) is 4.01. The van der Waals surface area contributed by atoms with Gasteiger partial charge in [0.1, 0.15) is 0 Å². The molecule has 1 unspecified atom stereocenters. The molecule has 1 saturated carbocycles. The van der Waals surface area contributed by atoms with E-state index < -0.39 is 0 Å². The summed E-state index contributed by atoms with van der Waals surface area (Å²) in [6, 6.07) is 2.05. The monoisotopic (exact) mass is 235 g/mol. The van der Waals surface area contributed by atoms with Gasteiger partial charge in [0.25, 0.3) is 0 Å². The van der Waals surface area contributed by atoms with Crippen molar-refractivity contribution in [1.82, 2.24) is 9.80 Å². The summed E-state index contributed by atoms with van der Waals surface area (Å²) in [6.45, 7) is 4.85. The molecule has 1 saturated heterocycles. The molecule has 2 rings (SSSR count). The minimum atomic E-state index is -0.146. The Labute approximate surface area is 103 Å². The van der Waals surface area contributed by atoms with Crippen LogP contribution in [0.3, 0.4) is 0 Å². The fourth-order valence-electron chi connectivity index (χ4n) is 2.84. The average molecular weight is 235 g/mol. The zero-order valence-corrected chi connectivity index (χ0v) is 10.6. The van der Waals surface area contributed by atoms with Crippen LogP contribution in [0.4, 0.5) is 0 Å². The molecule has 2 aliphatic rings. The lowest BCUT2D eigenvalue weighted by Gasteiger charge is -2.36. The van der Waals surface area contributed by atoms with E-state index in [4.69, 9.17) is 5.26 Å². The second-order valence-electron chi connectivity index (χ2n) is 5.27. The smallest absolute Gasteiger partial charge is 0.236 e. The van der Waals surface area contributed by atoms with Crippen molar-refractivity contribution in [2.24, 2.45) is 5.92 Å².